The van der Waals surface area contributed by atoms with Gasteiger partial charge in [0.05, 0.1) is 23.2 Å². The van der Waals surface area contributed by atoms with Gasteiger partial charge in [-0.3, -0.25) is 9.00 Å². The quantitative estimate of drug-likeness (QED) is 0.819. The predicted octanol–water partition coefficient (Wildman–Crippen LogP) is 1.71. The molecule has 17 heavy (non-hydrogen) atoms. The molecule has 1 heterocycles. The van der Waals surface area contributed by atoms with Gasteiger partial charge in [0.1, 0.15) is 0 Å². The number of rotatable bonds is 4. The second kappa shape index (κ2) is 5.56. The third-order valence-electron chi connectivity index (χ3n) is 2.91. The van der Waals surface area contributed by atoms with Gasteiger partial charge in [-0.2, -0.15) is 0 Å². The molecular formula is C13H16O3S. The molecule has 1 saturated heterocycles. The summed E-state index contributed by atoms with van der Waals surface area (Å²) in [5.74, 6) is 0.114. The van der Waals surface area contributed by atoms with E-state index >= 15 is 0 Å². The maximum absolute atomic E-state index is 12.0. The lowest BCUT2D eigenvalue weighted by molar-refractivity contribution is -0.120. The molecule has 0 saturated carbocycles. The van der Waals surface area contributed by atoms with E-state index in [0.717, 1.165) is 16.9 Å². The number of aryl methyl sites for hydroxylation is 1. The van der Waals surface area contributed by atoms with Gasteiger partial charge in [0.2, 0.25) is 0 Å². The Morgan fingerprint density at radius 2 is 2.35 bits per heavy atom. The monoisotopic (exact) mass is 252 g/mol. The summed E-state index contributed by atoms with van der Waals surface area (Å²) in [5, 5.41) is 0. The molecule has 1 aliphatic rings. The van der Waals surface area contributed by atoms with Crippen LogP contribution in [0.2, 0.25) is 0 Å². The minimum Gasteiger partial charge on any atom is -0.381 e. The first-order valence-corrected chi connectivity index (χ1v) is 7.04. The van der Waals surface area contributed by atoms with Crippen LogP contribution >= 0.6 is 0 Å². The highest BCUT2D eigenvalue weighted by Crippen LogP contribution is 2.16. The summed E-state index contributed by atoms with van der Waals surface area (Å²) in [7, 11) is -1.22. The van der Waals surface area contributed by atoms with Crippen LogP contribution in [-0.4, -0.2) is 29.0 Å². The Morgan fingerprint density at radius 3 is 3.00 bits per heavy atom. The van der Waals surface area contributed by atoms with Crippen molar-refractivity contribution in [2.45, 2.75) is 18.2 Å². The zero-order valence-corrected chi connectivity index (χ0v) is 10.7. The van der Waals surface area contributed by atoms with Crippen molar-refractivity contribution in [1.29, 1.82) is 0 Å². The molecule has 2 unspecified atom stereocenters. The van der Waals surface area contributed by atoms with Crippen molar-refractivity contribution in [2.75, 3.05) is 19.0 Å². The normalized spacial score (nSPS) is 21.4. The Kier molecular flexibility index (Phi) is 4.07. The van der Waals surface area contributed by atoms with Gasteiger partial charge >= 0.3 is 0 Å². The number of ether oxygens (including phenoxy) is 1. The second-order valence-electron chi connectivity index (χ2n) is 4.33. The molecule has 4 heteroatoms. The molecule has 2 atom stereocenters. The minimum atomic E-state index is -1.22. The molecule has 1 fully saturated rings. The van der Waals surface area contributed by atoms with Gasteiger partial charge in [-0.15, -0.1) is 0 Å². The molecule has 3 nitrogen and oxygen atoms in total. The average Bonchev–Trinajstić information content (AvgIpc) is 2.82. The van der Waals surface area contributed by atoms with Crippen LogP contribution in [-0.2, 0) is 20.3 Å². The third-order valence-corrected chi connectivity index (χ3v) is 4.24. The molecule has 1 aliphatic heterocycles. The smallest absolute Gasteiger partial charge is 0.151 e. The Labute approximate surface area is 104 Å². The van der Waals surface area contributed by atoms with Crippen molar-refractivity contribution in [3.8, 4) is 0 Å². The van der Waals surface area contributed by atoms with E-state index in [0.29, 0.717) is 13.2 Å². The van der Waals surface area contributed by atoms with Gasteiger partial charge in [0.25, 0.3) is 0 Å². The molecule has 1 aromatic carbocycles. The van der Waals surface area contributed by atoms with E-state index in [-0.39, 0.29) is 17.5 Å². The molecule has 0 amide bonds. The summed E-state index contributed by atoms with van der Waals surface area (Å²) in [4.78, 5) is 12.6. The summed E-state index contributed by atoms with van der Waals surface area (Å²) < 4.78 is 17.2. The van der Waals surface area contributed by atoms with E-state index in [1.54, 1.807) is 0 Å². The van der Waals surface area contributed by atoms with Crippen molar-refractivity contribution >= 4 is 16.6 Å². The zero-order valence-electron chi connectivity index (χ0n) is 9.85. The highest BCUT2D eigenvalue weighted by atomic mass is 32.2. The van der Waals surface area contributed by atoms with E-state index in [9.17, 15) is 9.00 Å². The molecule has 0 bridgehead atoms. The summed E-state index contributed by atoms with van der Waals surface area (Å²) in [5.41, 5.74) is 1.06. The van der Waals surface area contributed by atoms with Gasteiger partial charge in [0, 0.05) is 17.4 Å². The topological polar surface area (TPSA) is 43.4 Å². The number of carbonyl (C=O) groups is 1. The van der Waals surface area contributed by atoms with Crippen LogP contribution in [0.5, 0.6) is 0 Å². The summed E-state index contributed by atoms with van der Waals surface area (Å²) in [6, 6.07) is 7.50. The van der Waals surface area contributed by atoms with Crippen LogP contribution in [0.25, 0.3) is 0 Å². The number of benzene rings is 1. The van der Waals surface area contributed by atoms with Crippen LogP contribution in [0.3, 0.4) is 0 Å². The number of carbonyl (C=O) groups excluding carboxylic acids is 1. The fourth-order valence-corrected chi connectivity index (χ4v) is 3.08. The zero-order chi connectivity index (χ0) is 12.3. The highest BCUT2D eigenvalue weighted by molar-refractivity contribution is 7.85. The number of hydrogen-bond acceptors (Lipinski definition) is 3. The molecule has 0 aromatic heterocycles. The van der Waals surface area contributed by atoms with E-state index in [1.165, 1.54) is 0 Å². The molecule has 0 N–H and O–H groups in total. The van der Waals surface area contributed by atoms with E-state index in [2.05, 4.69) is 0 Å². The van der Waals surface area contributed by atoms with E-state index in [1.807, 2.05) is 31.2 Å². The number of ketones is 1. The van der Waals surface area contributed by atoms with Crippen molar-refractivity contribution in [1.82, 2.24) is 0 Å². The fraction of sp³-hybridized carbons (Fsp3) is 0.462. The predicted molar refractivity (Wildman–Crippen MR) is 66.4 cm³/mol. The highest BCUT2D eigenvalue weighted by Gasteiger charge is 2.25. The number of Topliss-reactive ketones (excluding diaryl/α,β-unsaturated/α-hetero) is 1. The standard InChI is InChI=1S/C13H16O3S/c1-10-3-2-4-12(7-10)17(15)9-13(14)11-5-6-16-8-11/h2-4,7,11H,5-6,8-9H2,1H3. The van der Waals surface area contributed by atoms with Crippen molar-refractivity contribution in [3.63, 3.8) is 0 Å². The van der Waals surface area contributed by atoms with E-state index < -0.39 is 10.8 Å². The van der Waals surface area contributed by atoms with Crippen molar-refractivity contribution < 1.29 is 13.7 Å². The molecule has 0 radical (unpaired) electrons. The second-order valence-corrected chi connectivity index (χ2v) is 5.78. The van der Waals surface area contributed by atoms with Gasteiger partial charge < -0.3 is 4.74 Å². The summed E-state index contributed by atoms with van der Waals surface area (Å²) in [6.45, 7) is 3.09. The molecule has 0 spiro atoms. The number of hydrogen-bond donors (Lipinski definition) is 0. The van der Waals surface area contributed by atoms with Crippen LogP contribution in [0, 0.1) is 12.8 Å². The van der Waals surface area contributed by atoms with Gasteiger partial charge in [-0.05, 0) is 31.0 Å². The van der Waals surface area contributed by atoms with Gasteiger partial charge in [0.15, 0.2) is 5.78 Å². The lowest BCUT2D eigenvalue weighted by Crippen LogP contribution is -2.21. The Balaban J connectivity index is 1.99. The average molecular weight is 252 g/mol. The van der Waals surface area contributed by atoms with Crippen molar-refractivity contribution in [2.24, 2.45) is 5.92 Å². The minimum absolute atomic E-state index is 0.0521. The third kappa shape index (κ3) is 3.23. The summed E-state index contributed by atoms with van der Waals surface area (Å²) >= 11 is 0. The first-order chi connectivity index (χ1) is 8.16. The fourth-order valence-electron chi connectivity index (χ4n) is 1.88. The Hall–Kier alpha value is -1.00. The maximum atomic E-state index is 12.0. The van der Waals surface area contributed by atoms with Crippen molar-refractivity contribution in [3.05, 3.63) is 29.8 Å². The Morgan fingerprint density at radius 1 is 1.53 bits per heavy atom. The molecule has 92 valence electrons. The first-order valence-electron chi connectivity index (χ1n) is 5.72. The van der Waals surface area contributed by atoms with Crippen LogP contribution in [0.15, 0.2) is 29.2 Å². The van der Waals surface area contributed by atoms with Crippen LogP contribution < -0.4 is 0 Å². The Bertz CT molecular complexity index is 436. The molecular weight excluding hydrogens is 236 g/mol. The molecule has 1 aromatic rings. The van der Waals surface area contributed by atoms with Crippen LogP contribution in [0.4, 0.5) is 0 Å². The largest absolute Gasteiger partial charge is 0.381 e. The maximum Gasteiger partial charge on any atom is 0.151 e. The van der Waals surface area contributed by atoms with Crippen LogP contribution in [0.1, 0.15) is 12.0 Å². The first kappa shape index (κ1) is 12.5. The molecule has 2 rings (SSSR count). The lowest BCUT2D eigenvalue weighted by Gasteiger charge is -2.06. The molecule has 0 aliphatic carbocycles. The van der Waals surface area contributed by atoms with Gasteiger partial charge in [-0.25, -0.2) is 0 Å². The lowest BCUT2D eigenvalue weighted by atomic mass is 10.1. The SMILES string of the molecule is Cc1cccc(S(=O)CC(=O)C2CCOC2)c1. The van der Waals surface area contributed by atoms with Gasteiger partial charge in [-0.1, -0.05) is 12.1 Å². The summed E-state index contributed by atoms with van der Waals surface area (Å²) in [6.07, 6.45) is 0.768. The van der Waals surface area contributed by atoms with E-state index in [4.69, 9.17) is 4.74 Å².